The number of nitrogens with zero attached hydrogens (tertiary/aromatic N) is 3. The van der Waals surface area contributed by atoms with E-state index < -0.39 is 34.9 Å². The molecule has 0 aliphatic heterocycles. The first-order valence-corrected chi connectivity index (χ1v) is 18.6. The summed E-state index contributed by atoms with van der Waals surface area (Å²) in [6, 6.07) is 49.8. The number of halogens is 6. The molecule has 303 valence electrons. The van der Waals surface area contributed by atoms with Crippen molar-refractivity contribution in [3.63, 3.8) is 0 Å². The normalized spacial score (nSPS) is 10.3. The first kappa shape index (κ1) is 43.6. The third-order valence-corrected chi connectivity index (χ3v) is 9.20. The molecule has 0 unspecified atom stereocenters. The number of hydrogen-bond acceptors (Lipinski definition) is 3. The first-order chi connectivity index (χ1) is 29.2. The zero-order chi connectivity index (χ0) is 41.8. The van der Waals surface area contributed by atoms with E-state index in [1.54, 1.807) is 36.8 Å². The van der Waals surface area contributed by atoms with E-state index in [4.69, 9.17) is 0 Å². The van der Waals surface area contributed by atoms with E-state index >= 15 is 0 Å². The number of benzene rings is 6. The Kier molecular flexibility index (Phi) is 14.9. The molecule has 9 rings (SSSR count). The second-order valence-electron chi connectivity index (χ2n) is 13.3. The van der Waals surface area contributed by atoms with Gasteiger partial charge in [0.25, 0.3) is 0 Å². The van der Waals surface area contributed by atoms with Crippen molar-refractivity contribution in [3.05, 3.63) is 235 Å². The topological polar surface area (TPSA) is 38.7 Å². The Morgan fingerprint density at radius 1 is 0.262 bits per heavy atom. The zero-order valence-corrected chi connectivity index (χ0v) is 34.4. The quantitative estimate of drug-likeness (QED) is 0.156. The van der Waals surface area contributed by atoms with Gasteiger partial charge in [-0.3, -0.25) is 15.0 Å². The second-order valence-corrected chi connectivity index (χ2v) is 13.3. The molecule has 0 spiro atoms. The van der Waals surface area contributed by atoms with Crippen molar-refractivity contribution >= 4 is 0 Å². The molecule has 6 aromatic carbocycles. The Hall–Kier alpha value is -7.00. The van der Waals surface area contributed by atoms with Crippen LogP contribution in [0.25, 0.3) is 67.2 Å². The summed E-state index contributed by atoms with van der Waals surface area (Å²) >= 11 is 0. The van der Waals surface area contributed by atoms with Gasteiger partial charge in [0.05, 0.1) is 17.1 Å². The molecular weight excluding hydrogens is 961 g/mol. The van der Waals surface area contributed by atoms with Crippen molar-refractivity contribution in [1.82, 2.24) is 15.0 Å². The number of hydrogen-bond donors (Lipinski definition) is 0. The molecule has 3 nitrogen and oxygen atoms in total. The van der Waals surface area contributed by atoms with Crippen LogP contribution in [0.2, 0.25) is 0 Å². The Bertz CT molecular complexity index is 2530. The third-order valence-electron chi connectivity index (χ3n) is 9.20. The molecule has 0 saturated heterocycles. The monoisotopic (exact) mass is 994 g/mol. The van der Waals surface area contributed by atoms with Crippen LogP contribution in [-0.2, 0) is 20.1 Å². The minimum atomic E-state index is -0.577. The summed E-state index contributed by atoms with van der Waals surface area (Å²) in [7, 11) is 0. The summed E-state index contributed by atoms with van der Waals surface area (Å²) in [5.74, 6) is -3.43. The zero-order valence-electron chi connectivity index (χ0n) is 32.0. The molecule has 3 heterocycles. The molecule has 3 aromatic heterocycles. The van der Waals surface area contributed by atoms with Crippen LogP contribution in [-0.4, -0.2) is 15.0 Å². The average molecular weight is 994 g/mol. The van der Waals surface area contributed by atoms with E-state index in [1.165, 1.54) is 36.4 Å². The Balaban J connectivity index is 0.000000152. The van der Waals surface area contributed by atoms with Gasteiger partial charge in [0.1, 0.15) is 34.9 Å². The van der Waals surface area contributed by atoms with Gasteiger partial charge in [-0.25, -0.2) is 26.3 Å². The number of pyridine rings is 3. The van der Waals surface area contributed by atoms with Crippen molar-refractivity contribution in [2.24, 2.45) is 0 Å². The SMILES string of the molecule is Fc1ccc(-c2cccc(-c3ccccn3)c2)c(F)c1.Fc1ccc(-c2cccc(-c3ccccn3)c2)c(F)c1.Fc1ccc(-c2cccc(-c3ccccn3)c2)c(F)c1.[Ir]. The van der Waals surface area contributed by atoms with Gasteiger partial charge in [-0.2, -0.15) is 0 Å². The van der Waals surface area contributed by atoms with Gasteiger partial charge < -0.3 is 0 Å². The molecule has 0 aliphatic carbocycles. The van der Waals surface area contributed by atoms with Crippen LogP contribution >= 0.6 is 0 Å². The van der Waals surface area contributed by atoms with Gasteiger partial charge in [-0.05, 0) is 108 Å². The minimum absolute atomic E-state index is 0. The molecule has 0 aliphatic rings. The van der Waals surface area contributed by atoms with Crippen molar-refractivity contribution in [2.45, 2.75) is 0 Å². The van der Waals surface area contributed by atoms with E-state index in [-0.39, 0.29) is 20.1 Å². The van der Waals surface area contributed by atoms with E-state index in [1.807, 2.05) is 109 Å². The second kappa shape index (κ2) is 20.8. The van der Waals surface area contributed by atoms with Crippen LogP contribution in [0.15, 0.2) is 201 Å². The van der Waals surface area contributed by atoms with Crippen molar-refractivity contribution in [3.8, 4) is 67.2 Å². The largest absolute Gasteiger partial charge is 0.256 e. The molecule has 0 saturated carbocycles. The summed E-state index contributed by atoms with van der Waals surface area (Å²) in [5, 5.41) is 0. The van der Waals surface area contributed by atoms with Crippen LogP contribution in [0.3, 0.4) is 0 Å². The summed E-state index contributed by atoms with van der Waals surface area (Å²) in [5.41, 5.74) is 8.37. The van der Waals surface area contributed by atoms with E-state index in [0.717, 1.165) is 52.0 Å². The molecule has 0 N–H and O–H groups in total. The summed E-state index contributed by atoms with van der Waals surface area (Å²) in [4.78, 5) is 12.8. The summed E-state index contributed by atoms with van der Waals surface area (Å²) in [6.45, 7) is 0. The van der Waals surface area contributed by atoms with E-state index in [0.29, 0.717) is 33.4 Å². The van der Waals surface area contributed by atoms with Crippen LogP contribution < -0.4 is 0 Å². The van der Waals surface area contributed by atoms with Gasteiger partial charge in [0.15, 0.2) is 0 Å². The Morgan fingerprint density at radius 3 is 0.787 bits per heavy atom. The van der Waals surface area contributed by atoms with Crippen LogP contribution in [0.1, 0.15) is 0 Å². The van der Waals surface area contributed by atoms with Crippen LogP contribution in [0, 0.1) is 34.9 Å². The number of aromatic nitrogens is 3. The fourth-order valence-electron chi connectivity index (χ4n) is 6.31. The molecule has 1 radical (unpaired) electrons. The molecule has 0 fully saturated rings. The maximum Gasteiger partial charge on any atom is 0.133 e. The number of rotatable bonds is 6. The summed E-state index contributed by atoms with van der Waals surface area (Å²) < 4.78 is 80.3. The van der Waals surface area contributed by atoms with Gasteiger partial charge in [0, 0.05) is 90.3 Å². The standard InChI is InChI=1S/3C17H11F2N.Ir/c3*18-14-7-8-15(16(19)11-14)12-4-3-5-13(10-12)17-6-1-2-9-20-17;/h3*1-11H;. The Morgan fingerprint density at radius 2 is 0.541 bits per heavy atom. The van der Waals surface area contributed by atoms with Crippen LogP contribution in [0.4, 0.5) is 26.3 Å². The van der Waals surface area contributed by atoms with Gasteiger partial charge >= 0.3 is 0 Å². The van der Waals surface area contributed by atoms with Gasteiger partial charge in [-0.1, -0.05) is 72.8 Å². The van der Waals surface area contributed by atoms with Crippen molar-refractivity contribution < 1.29 is 46.4 Å². The molecule has 0 amide bonds. The molecule has 0 atom stereocenters. The third kappa shape index (κ3) is 11.4. The molecule has 61 heavy (non-hydrogen) atoms. The average Bonchev–Trinajstić information content (AvgIpc) is 3.28. The van der Waals surface area contributed by atoms with Crippen molar-refractivity contribution in [1.29, 1.82) is 0 Å². The van der Waals surface area contributed by atoms with Crippen LogP contribution in [0.5, 0.6) is 0 Å². The summed E-state index contributed by atoms with van der Waals surface area (Å²) in [6.07, 6.45) is 5.13. The minimum Gasteiger partial charge on any atom is -0.256 e. The molecular formula is C51H33F6IrN3. The predicted molar refractivity (Wildman–Crippen MR) is 225 cm³/mol. The maximum atomic E-state index is 13.8. The van der Waals surface area contributed by atoms with Crippen molar-refractivity contribution in [2.75, 3.05) is 0 Å². The Labute approximate surface area is 362 Å². The fourth-order valence-corrected chi connectivity index (χ4v) is 6.31. The predicted octanol–water partition coefficient (Wildman–Crippen LogP) is 14.1. The molecule has 0 bridgehead atoms. The smallest absolute Gasteiger partial charge is 0.133 e. The first-order valence-electron chi connectivity index (χ1n) is 18.6. The molecule has 9 aromatic rings. The molecule has 10 heteroatoms. The maximum absolute atomic E-state index is 13.8. The van der Waals surface area contributed by atoms with E-state index in [9.17, 15) is 26.3 Å². The van der Waals surface area contributed by atoms with Gasteiger partial charge in [0.2, 0.25) is 0 Å². The van der Waals surface area contributed by atoms with E-state index in [2.05, 4.69) is 15.0 Å². The fraction of sp³-hybridized carbons (Fsp3) is 0. The van der Waals surface area contributed by atoms with Gasteiger partial charge in [-0.15, -0.1) is 0 Å².